The van der Waals surface area contributed by atoms with E-state index in [9.17, 15) is 18.0 Å². The summed E-state index contributed by atoms with van der Waals surface area (Å²) in [6.07, 6.45) is -3.13. The number of nitrogens with zero attached hydrogens (tertiary/aromatic N) is 2. The van der Waals surface area contributed by atoms with Crippen molar-refractivity contribution in [1.29, 1.82) is 0 Å². The van der Waals surface area contributed by atoms with Crippen LogP contribution in [-0.2, 0) is 6.18 Å². The van der Waals surface area contributed by atoms with Gasteiger partial charge in [-0.3, -0.25) is 4.79 Å². The van der Waals surface area contributed by atoms with Gasteiger partial charge in [0.15, 0.2) is 0 Å². The van der Waals surface area contributed by atoms with Crippen molar-refractivity contribution in [1.82, 2.24) is 9.97 Å². The van der Waals surface area contributed by atoms with E-state index in [1.807, 2.05) is 6.92 Å². The number of rotatable bonds is 4. The number of nitrogens with one attached hydrogen (secondary N) is 1. The summed E-state index contributed by atoms with van der Waals surface area (Å²) in [5, 5.41) is 3.14. The number of carbonyl (C=O) groups is 1. The fourth-order valence-corrected chi connectivity index (χ4v) is 3.50. The highest BCUT2D eigenvalue weighted by molar-refractivity contribution is 7.20. The van der Waals surface area contributed by atoms with Gasteiger partial charge in [0.1, 0.15) is 11.2 Å². The molecule has 0 spiro atoms. The standard InChI is InChI=1S/C17H14F3N3O2S/c1-3-25-15-12-9(2)13(26-16(12)22-8-21-15)14(24)23-11-6-4-5-10(7-11)17(18,19)20/h4-8H,3H2,1-2H3,(H,23,24). The molecular formula is C17H14F3N3O2S. The number of halogens is 3. The number of hydrogen-bond acceptors (Lipinski definition) is 5. The van der Waals surface area contributed by atoms with E-state index >= 15 is 0 Å². The lowest BCUT2D eigenvalue weighted by atomic mass is 10.1. The minimum Gasteiger partial charge on any atom is -0.477 e. The summed E-state index contributed by atoms with van der Waals surface area (Å²) in [6, 6.07) is 4.49. The van der Waals surface area contributed by atoms with E-state index in [2.05, 4.69) is 15.3 Å². The largest absolute Gasteiger partial charge is 0.477 e. The van der Waals surface area contributed by atoms with Crippen LogP contribution in [0.15, 0.2) is 30.6 Å². The molecule has 2 heterocycles. The Hall–Kier alpha value is -2.68. The molecule has 0 saturated heterocycles. The van der Waals surface area contributed by atoms with E-state index in [4.69, 9.17) is 4.74 Å². The summed E-state index contributed by atoms with van der Waals surface area (Å²) in [5.41, 5.74) is -0.135. The number of hydrogen-bond donors (Lipinski definition) is 1. The maximum atomic E-state index is 12.8. The van der Waals surface area contributed by atoms with Gasteiger partial charge in [0.05, 0.1) is 22.4 Å². The van der Waals surface area contributed by atoms with Crippen molar-refractivity contribution >= 4 is 33.1 Å². The summed E-state index contributed by atoms with van der Waals surface area (Å²) < 4.78 is 43.9. The summed E-state index contributed by atoms with van der Waals surface area (Å²) >= 11 is 1.14. The quantitative estimate of drug-likeness (QED) is 0.713. The zero-order valence-electron chi connectivity index (χ0n) is 13.8. The molecular weight excluding hydrogens is 367 g/mol. The molecule has 0 bridgehead atoms. The maximum Gasteiger partial charge on any atom is 0.416 e. The molecule has 0 aliphatic rings. The summed E-state index contributed by atoms with van der Waals surface area (Å²) in [6.45, 7) is 3.95. The van der Waals surface area contributed by atoms with Crippen LogP contribution in [0.4, 0.5) is 18.9 Å². The molecule has 0 atom stereocenters. The average Bonchev–Trinajstić information content (AvgIpc) is 2.93. The van der Waals surface area contributed by atoms with Crippen LogP contribution in [0.2, 0.25) is 0 Å². The van der Waals surface area contributed by atoms with E-state index in [1.165, 1.54) is 18.5 Å². The Morgan fingerprint density at radius 2 is 2.08 bits per heavy atom. The first kappa shape index (κ1) is 18.1. The number of carbonyl (C=O) groups excluding carboxylic acids is 1. The minimum atomic E-state index is -4.48. The molecule has 5 nitrogen and oxygen atoms in total. The summed E-state index contributed by atoms with van der Waals surface area (Å²) in [5.74, 6) is -0.128. The van der Waals surface area contributed by atoms with Gasteiger partial charge < -0.3 is 10.1 Å². The van der Waals surface area contributed by atoms with Crippen LogP contribution in [0.25, 0.3) is 10.2 Å². The number of anilines is 1. The van der Waals surface area contributed by atoms with E-state index in [0.29, 0.717) is 33.1 Å². The summed E-state index contributed by atoms with van der Waals surface area (Å²) in [7, 11) is 0. The fourth-order valence-electron chi connectivity index (χ4n) is 2.46. The third kappa shape index (κ3) is 3.48. The lowest BCUT2D eigenvalue weighted by molar-refractivity contribution is -0.137. The number of amides is 1. The Kier molecular flexibility index (Phi) is 4.82. The van der Waals surface area contributed by atoms with E-state index in [0.717, 1.165) is 23.5 Å². The topological polar surface area (TPSA) is 64.1 Å². The minimum absolute atomic E-state index is 0.0674. The van der Waals surface area contributed by atoms with Crippen LogP contribution in [-0.4, -0.2) is 22.5 Å². The van der Waals surface area contributed by atoms with Gasteiger partial charge in [0.2, 0.25) is 5.88 Å². The van der Waals surface area contributed by atoms with Crippen molar-refractivity contribution in [3.63, 3.8) is 0 Å². The zero-order chi connectivity index (χ0) is 18.9. The number of aromatic nitrogens is 2. The molecule has 1 N–H and O–H groups in total. The second kappa shape index (κ2) is 6.91. The molecule has 0 unspecified atom stereocenters. The smallest absolute Gasteiger partial charge is 0.416 e. The first-order valence-corrected chi connectivity index (χ1v) is 8.48. The number of ether oxygens (including phenoxy) is 1. The molecule has 9 heteroatoms. The Bertz CT molecular complexity index is 970. The molecule has 0 aliphatic carbocycles. The normalized spacial score (nSPS) is 11.6. The predicted octanol–water partition coefficient (Wildman–Crippen LogP) is 4.67. The van der Waals surface area contributed by atoms with E-state index in [1.54, 1.807) is 6.92 Å². The van der Waals surface area contributed by atoms with Gasteiger partial charge in [0.25, 0.3) is 5.91 Å². The first-order valence-electron chi connectivity index (χ1n) is 7.66. The van der Waals surface area contributed by atoms with Crippen LogP contribution < -0.4 is 10.1 Å². The van der Waals surface area contributed by atoms with Gasteiger partial charge >= 0.3 is 6.18 Å². The van der Waals surface area contributed by atoms with Crippen LogP contribution in [0.3, 0.4) is 0 Å². The van der Waals surface area contributed by atoms with Gasteiger partial charge in [-0.05, 0) is 37.6 Å². The van der Waals surface area contributed by atoms with Gasteiger partial charge in [-0.15, -0.1) is 11.3 Å². The lowest BCUT2D eigenvalue weighted by Crippen LogP contribution is -2.12. The van der Waals surface area contributed by atoms with Gasteiger partial charge in [-0.25, -0.2) is 9.97 Å². The maximum absolute atomic E-state index is 12.8. The highest BCUT2D eigenvalue weighted by atomic mass is 32.1. The zero-order valence-corrected chi connectivity index (χ0v) is 14.7. The van der Waals surface area contributed by atoms with Crippen molar-refractivity contribution in [3.05, 3.63) is 46.6 Å². The Morgan fingerprint density at radius 1 is 1.31 bits per heavy atom. The van der Waals surface area contributed by atoms with Crippen LogP contribution in [0, 0.1) is 6.92 Å². The molecule has 1 aromatic carbocycles. The first-order chi connectivity index (χ1) is 12.3. The van der Waals surface area contributed by atoms with Crippen molar-refractivity contribution in [2.75, 3.05) is 11.9 Å². The molecule has 0 radical (unpaired) electrons. The second-order valence-corrected chi connectivity index (χ2v) is 6.38. The molecule has 0 aliphatic heterocycles. The average molecular weight is 381 g/mol. The molecule has 2 aromatic heterocycles. The molecule has 0 fully saturated rings. The van der Waals surface area contributed by atoms with Crippen LogP contribution in [0.1, 0.15) is 27.7 Å². The third-order valence-corrected chi connectivity index (χ3v) is 4.83. The van der Waals surface area contributed by atoms with E-state index in [-0.39, 0.29) is 5.69 Å². The molecule has 136 valence electrons. The fraction of sp³-hybridized carbons (Fsp3) is 0.235. The highest BCUT2D eigenvalue weighted by Crippen LogP contribution is 2.35. The number of alkyl halides is 3. The number of aryl methyl sites for hydroxylation is 1. The summed E-state index contributed by atoms with van der Waals surface area (Å²) in [4.78, 5) is 21.7. The van der Waals surface area contributed by atoms with Crippen molar-refractivity contribution < 1.29 is 22.7 Å². The van der Waals surface area contributed by atoms with Gasteiger partial charge in [0, 0.05) is 5.69 Å². The SMILES string of the molecule is CCOc1ncnc2sc(C(=O)Nc3cccc(C(F)(F)F)c3)c(C)c12. The highest BCUT2D eigenvalue weighted by Gasteiger charge is 2.30. The number of benzene rings is 1. The Morgan fingerprint density at radius 3 is 2.77 bits per heavy atom. The second-order valence-electron chi connectivity index (χ2n) is 5.38. The molecule has 3 rings (SSSR count). The third-order valence-electron chi connectivity index (χ3n) is 3.63. The monoisotopic (exact) mass is 381 g/mol. The molecule has 1 amide bonds. The predicted molar refractivity (Wildman–Crippen MR) is 92.7 cm³/mol. The lowest BCUT2D eigenvalue weighted by Gasteiger charge is -2.09. The van der Waals surface area contributed by atoms with Crippen molar-refractivity contribution in [3.8, 4) is 5.88 Å². The van der Waals surface area contributed by atoms with Crippen LogP contribution >= 0.6 is 11.3 Å². The molecule has 26 heavy (non-hydrogen) atoms. The Balaban J connectivity index is 1.94. The van der Waals surface area contributed by atoms with Crippen molar-refractivity contribution in [2.45, 2.75) is 20.0 Å². The Labute approximate surface area is 150 Å². The number of fused-ring (bicyclic) bond motifs is 1. The van der Waals surface area contributed by atoms with Crippen molar-refractivity contribution in [2.24, 2.45) is 0 Å². The van der Waals surface area contributed by atoms with Gasteiger partial charge in [-0.2, -0.15) is 13.2 Å². The van der Waals surface area contributed by atoms with Gasteiger partial charge in [-0.1, -0.05) is 6.07 Å². The molecule has 3 aromatic rings. The van der Waals surface area contributed by atoms with E-state index < -0.39 is 17.6 Å². The van der Waals surface area contributed by atoms with Crippen LogP contribution in [0.5, 0.6) is 5.88 Å². The molecule has 0 saturated carbocycles. The number of thiophene rings is 1.